The Labute approximate surface area is 196 Å². The number of hydrogen-bond acceptors (Lipinski definition) is 8. The van der Waals surface area contributed by atoms with Crippen LogP contribution in [-0.4, -0.2) is 89.7 Å². The minimum atomic E-state index is -1.40. The highest BCUT2D eigenvalue weighted by Gasteiger charge is 2.28. The molecule has 4 atom stereocenters. The fraction of sp³-hybridized carbons (Fsp3) is 0.667. The highest BCUT2D eigenvalue weighted by atomic mass is 16.4. The minimum absolute atomic E-state index is 0.0527. The molecule has 0 aliphatic carbocycles. The van der Waals surface area contributed by atoms with Crippen molar-refractivity contribution in [2.45, 2.75) is 56.8 Å². The summed E-state index contributed by atoms with van der Waals surface area (Å²) in [5, 5.41) is 25.5. The Hall–Kier alpha value is -3.66. The number of aliphatic imine (C=N–C) groups is 2. The SMILES string of the molecule is CC(NC(=O)C(CCCN=C(N)N)NC(=O)C(CO)NC(=O)C(N)CCCN=C(N)N)C(=O)O. The van der Waals surface area contributed by atoms with E-state index >= 15 is 0 Å². The van der Waals surface area contributed by atoms with E-state index in [9.17, 15) is 24.3 Å². The number of nitrogens with two attached hydrogens (primary N) is 5. The van der Waals surface area contributed by atoms with Crippen LogP contribution < -0.4 is 44.6 Å². The van der Waals surface area contributed by atoms with E-state index in [0.29, 0.717) is 6.42 Å². The van der Waals surface area contributed by atoms with Crippen LogP contribution in [0, 0.1) is 0 Å². The van der Waals surface area contributed by atoms with Crippen LogP contribution in [0.2, 0.25) is 0 Å². The third kappa shape index (κ3) is 13.0. The third-order valence-corrected chi connectivity index (χ3v) is 4.43. The van der Waals surface area contributed by atoms with Crippen LogP contribution in [0.1, 0.15) is 32.6 Å². The quantitative estimate of drug-likeness (QED) is 0.0556. The zero-order chi connectivity index (χ0) is 26.3. The molecule has 34 heavy (non-hydrogen) atoms. The summed E-state index contributed by atoms with van der Waals surface area (Å²) in [6, 6.07) is -4.79. The van der Waals surface area contributed by atoms with Crippen molar-refractivity contribution in [2.24, 2.45) is 38.7 Å². The molecule has 0 rings (SSSR count). The summed E-state index contributed by atoms with van der Waals surface area (Å²) in [5.74, 6) is -3.85. The smallest absolute Gasteiger partial charge is 0.325 e. The van der Waals surface area contributed by atoms with Crippen LogP contribution in [0.15, 0.2) is 9.98 Å². The lowest BCUT2D eigenvalue weighted by Gasteiger charge is -2.23. The maximum Gasteiger partial charge on any atom is 0.325 e. The number of carbonyl (C=O) groups excluding carboxylic acids is 3. The second-order valence-corrected chi connectivity index (χ2v) is 7.38. The van der Waals surface area contributed by atoms with Gasteiger partial charge in [0.1, 0.15) is 18.1 Å². The molecule has 194 valence electrons. The van der Waals surface area contributed by atoms with E-state index in [1.54, 1.807) is 0 Å². The van der Waals surface area contributed by atoms with E-state index in [1.807, 2.05) is 0 Å². The first-order valence-electron chi connectivity index (χ1n) is 10.5. The molecule has 15 N–H and O–H groups in total. The lowest BCUT2D eigenvalue weighted by Crippen LogP contribution is -2.57. The van der Waals surface area contributed by atoms with Crippen molar-refractivity contribution in [1.29, 1.82) is 0 Å². The first kappa shape index (κ1) is 30.3. The fourth-order valence-electron chi connectivity index (χ4n) is 2.54. The monoisotopic (exact) mass is 488 g/mol. The van der Waals surface area contributed by atoms with Crippen molar-refractivity contribution < 1.29 is 29.4 Å². The Balaban J connectivity index is 5.09. The molecule has 0 aromatic rings. The van der Waals surface area contributed by atoms with E-state index in [4.69, 9.17) is 33.8 Å². The largest absolute Gasteiger partial charge is 0.480 e. The van der Waals surface area contributed by atoms with Crippen LogP contribution in [-0.2, 0) is 19.2 Å². The first-order valence-corrected chi connectivity index (χ1v) is 10.5. The van der Waals surface area contributed by atoms with Crippen LogP contribution in [0.3, 0.4) is 0 Å². The highest BCUT2D eigenvalue weighted by Crippen LogP contribution is 2.02. The summed E-state index contributed by atoms with van der Waals surface area (Å²) in [7, 11) is 0. The standard InChI is InChI=1S/C18H36N10O6/c1-9(16(33)34)26-14(31)11(5-3-7-25-18(22)23)27-15(32)12(8-29)28-13(30)10(19)4-2-6-24-17(20)21/h9-12,29H,2-8,19H2,1H3,(H,26,31)(H,27,32)(H,28,30)(H,33,34)(H4,20,21,24)(H4,22,23,25). The number of aliphatic hydroxyl groups excluding tert-OH is 1. The summed E-state index contributed by atoms with van der Waals surface area (Å²) in [4.78, 5) is 55.9. The second-order valence-electron chi connectivity index (χ2n) is 7.38. The molecule has 16 nitrogen and oxygen atoms in total. The number of carbonyl (C=O) groups is 4. The molecule has 0 heterocycles. The zero-order valence-electron chi connectivity index (χ0n) is 19.1. The predicted octanol–water partition coefficient (Wildman–Crippen LogP) is -5.03. The highest BCUT2D eigenvalue weighted by molar-refractivity contribution is 5.94. The van der Waals surface area contributed by atoms with E-state index < -0.39 is 54.5 Å². The average molecular weight is 489 g/mol. The molecule has 3 amide bonds. The van der Waals surface area contributed by atoms with Crippen molar-refractivity contribution in [3.63, 3.8) is 0 Å². The fourth-order valence-corrected chi connectivity index (χ4v) is 2.54. The minimum Gasteiger partial charge on any atom is -0.480 e. The lowest BCUT2D eigenvalue weighted by atomic mass is 10.1. The average Bonchev–Trinajstić information content (AvgIpc) is 2.75. The molecule has 0 radical (unpaired) electrons. The van der Waals surface area contributed by atoms with Gasteiger partial charge in [-0.05, 0) is 32.6 Å². The molecule has 16 heteroatoms. The van der Waals surface area contributed by atoms with Gasteiger partial charge in [-0.15, -0.1) is 0 Å². The van der Waals surface area contributed by atoms with E-state index in [-0.39, 0.29) is 44.3 Å². The Bertz CT molecular complexity index is 752. The number of amides is 3. The van der Waals surface area contributed by atoms with Gasteiger partial charge in [-0.2, -0.15) is 0 Å². The van der Waals surface area contributed by atoms with Gasteiger partial charge in [0, 0.05) is 13.1 Å². The van der Waals surface area contributed by atoms with Crippen molar-refractivity contribution in [3.8, 4) is 0 Å². The lowest BCUT2D eigenvalue weighted by molar-refractivity contribution is -0.141. The number of nitrogens with one attached hydrogen (secondary N) is 3. The number of guanidine groups is 2. The second kappa shape index (κ2) is 16.0. The number of carboxylic acids is 1. The Morgan fingerprint density at radius 1 is 0.794 bits per heavy atom. The molecular weight excluding hydrogens is 452 g/mol. The molecule has 0 aromatic carbocycles. The Morgan fingerprint density at radius 3 is 1.74 bits per heavy atom. The summed E-state index contributed by atoms with van der Waals surface area (Å²) >= 11 is 0. The molecule has 0 spiro atoms. The van der Waals surface area contributed by atoms with Crippen LogP contribution in [0.5, 0.6) is 0 Å². The van der Waals surface area contributed by atoms with Crippen molar-refractivity contribution in [1.82, 2.24) is 16.0 Å². The third-order valence-electron chi connectivity index (χ3n) is 4.43. The summed E-state index contributed by atoms with van der Waals surface area (Å²) in [6.07, 6.45) is 0.944. The first-order chi connectivity index (χ1) is 15.9. The summed E-state index contributed by atoms with van der Waals surface area (Å²) in [5.41, 5.74) is 26.7. The van der Waals surface area contributed by atoms with Gasteiger partial charge in [0.2, 0.25) is 17.7 Å². The Kier molecular flexibility index (Phi) is 14.3. The molecule has 4 unspecified atom stereocenters. The van der Waals surface area contributed by atoms with Gasteiger partial charge >= 0.3 is 5.97 Å². The molecule has 0 aromatic heterocycles. The molecule has 0 saturated carbocycles. The van der Waals surface area contributed by atoms with Crippen LogP contribution >= 0.6 is 0 Å². The Morgan fingerprint density at radius 2 is 1.26 bits per heavy atom. The molecular formula is C18H36N10O6. The topological polar surface area (TPSA) is 300 Å². The van der Waals surface area contributed by atoms with Crippen LogP contribution in [0.25, 0.3) is 0 Å². The number of hydrogen-bond donors (Lipinski definition) is 10. The maximum absolute atomic E-state index is 12.6. The number of aliphatic hydroxyl groups is 1. The van der Waals surface area contributed by atoms with E-state index in [2.05, 4.69) is 25.9 Å². The number of rotatable bonds is 16. The van der Waals surface area contributed by atoms with Crippen molar-refractivity contribution in [3.05, 3.63) is 0 Å². The molecule has 0 aliphatic rings. The molecule has 0 bridgehead atoms. The summed E-state index contributed by atoms with van der Waals surface area (Å²) < 4.78 is 0. The number of carboxylic acid groups (broad SMARTS) is 1. The number of nitrogens with zero attached hydrogens (tertiary/aromatic N) is 2. The van der Waals surface area contributed by atoms with Gasteiger partial charge in [-0.1, -0.05) is 0 Å². The zero-order valence-corrected chi connectivity index (χ0v) is 19.1. The molecule has 0 saturated heterocycles. The predicted molar refractivity (Wildman–Crippen MR) is 124 cm³/mol. The van der Waals surface area contributed by atoms with E-state index in [1.165, 1.54) is 6.92 Å². The molecule has 0 fully saturated rings. The van der Waals surface area contributed by atoms with Gasteiger partial charge in [0.15, 0.2) is 11.9 Å². The van der Waals surface area contributed by atoms with Crippen molar-refractivity contribution >= 4 is 35.6 Å². The number of aliphatic carboxylic acids is 1. The van der Waals surface area contributed by atoms with Crippen LogP contribution in [0.4, 0.5) is 0 Å². The maximum atomic E-state index is 12.6. The summed E-state index contributed by atoms with van der Waals surface area (Å²) in [6.45, 7) is 0.903. The van der Waals surface area contributed by atoms with Crippen molar-refractivity contribution in [2.75, 3.05) is 19.7 Å². The van der Waals surface area contributed by atoms with E-state index in [0.717, 1.165) is 0 Å². The van der Waals surface area contributed by atoms with Gasteiger partial charge in [0.25, 0.3) is 0 Å². The normalized spacial score (nSPS) is 14.0. The van der Waals surface area contributed by atoms with Gasteiger partial charge in [-0.3, -0.25) is 29.2 Å². The van der Waals surface area contributed by atoms with Gasteiger partial charge in [0.05, 0.1) is 12.6 Å². The van der Waals surface area contributed by atoms with Gasteiger partial charge < -0.3 is 54.8 Å². The molecule has 0 aliphatic heterocycles. The van der Waals surface area contributed by atoms with Gasteiger partial charge in [-0.25, -0.2) is 0 Å².